The summed E-state index contributed by atoms with van der Waals surface area (Å²) in [6, 6.07) is 20.2. The number of hydrogen-bond acceptors (Lipinski definition) is 4. The number of nitrogens with two attached hydrogens (primary N) is 1. The first kappa shape index (κ1) is 23.8. The minimum Gasteiger partial charge on any atom is -0.493 e. The SMILES string of the molecule is COc1cc2c(cc1OC)[C@H](CCc1cc(C)cc(C)c1)N([C@@H](C(N)=O)c1ccccc1)CC2. The number of benzene rings is 3. The van der Waals surface area contributed by atoms with Gasteiger partial charge in [0.1, 0.15) is 6.04 Å². The van der Waals surface area contributed by atoms with Gasteiger partial charge in [0.15, 0.2) is 11.5 Å². The highest BCUT2D eigenvalue weighted by Gasteiger charge is 2.36. The maximum Gasteiger partial charge on any atom is 0.239 e. The number of carbonyl (C=O) groups is 1. The molecule has 4 rings (SSSR count). The van der Waals surface area contributed by atoms with Crippen molar-refractivity contribution in [2.75, 3.05) is 20.8 Å². The van der Waals surface area contributed by atoms with Gasteiger partial charge in [-0.2, -0.15) is 0 Å². The van der Waals surface area contributed by atoms with Gasteiger partial charge in [0.2, 0.25) is 5.91 Å². The Kier molecular flexibility index (Phi) is 7.23. The van der Waals surface area contributed by atoms with Gasteiger partial charge in [0, 0.05) is 12.6 Å². The van der Waals surface area contributed by atoms with Crippen molar-refractivity contribution >= 4 is 5.91 Å². The van der Waals surface area contributed by atoms with Gasteiger partial charge in [-0.1, -0.05) is 59.7 Å². The van der Waals surface area contributed by atoms with Crippen molar-refractivity contribution in [2.45, 2.75) is 45.2 Å². The number of nitrogens with zero attached hydrogens (tertiary/aromatic N) is 1. The maximum atomic E-state index is 12.8. The van der Waals surface area contributed by atoms with Crippen LogP contribution in [0.25, 0.3) is 0 Å². The molecule has 5 heteroatoms. The van der Waals surface area contributed by atoms with E-state index in [9.17, 15) is 4.79 Å². The lowest BCUT2D eigenvalue weighted by Crippen LogP contribution is -2.44. The van der Waals surface area contributed by atoms with Gasteiger partial charge in [-0.15, -0.1) is 0 Å². The Bertz CT molecular complexity index is 1140. The largest absolute Gasteiger partial charge is 0.493 e. The molecule has 0 saturated heterocycles. The summed E-state index contributed by atoms with van der Waals surface area (Å²) in [5, 5.41) is 0. The molecule has 0 radical (unpaired) electrons. The molecular weight excluding hydrogens is 424 g/mol. The maximum absolute atomic E-state index is 12.8. The van der Waals surface area contributed by atoms with E-state index >= 15 is 0 Å². The fourth-order valence-electron chi connectivity index (χ4n) is 5.35. The molecule has 1 amide bonds. The first-order chi connectivity index (χ1) is 16.4. The number of aryl methyl sites for hydroxylation is 3. The number of rotatable bonds is 8. The first-order valence-corrected chi connectivity index (χ1v) is 11.8. The fourth-order valence-corrected chi connectivity index (χ4v) is 5.35. The van der Waals surface area contributed by atoms with Gasteiger partial charge in [0.25, 0.3) is 0 Å². The van der Waals surface area contributed by atoms with E-state index in [0.717, 1.165) is 37.1 Å². The van der Waals surface area contributed by atoms with Gasteiger partial charge in [0.05, 0.1) is 14.2 Å². The Labute approximate surface area is 202 Å². The van der Waals surface area contributed by atoms with Crippen molar-refractivity contribution in [1.29, 1.82) is 0 Å². The number of amides is 1. The molecule has 2 N–H and O–H groups in total. The molecular formula is C29H34N2O3. The van der Waals surface area contributed by atoms with Crippen LogP contribution in [0.1, 0.15) is 51.9 Å². The van der Waals surface area contributed by atoms with Crippen LogP contribution in [0, 0.1) is 13.8 Å². The number of primary amides is 1. The number of fused-ring (bicyclic) bond motifs is 1. The minimum absolute atomic E-state index is 0.0158. The Hall–Kier alpha value is -3.31. The van der Waals surface area contributed by atoms with E-state index in [1.807, 2.05) is 30.3 Å². The van der Waals surface area contributed by atoms with Gasteiger partial charge >= 0.3 is 0 Å². The van der Waals surface area contributed by atoms with Crippen molar-refractivity contribution in [1.82, 2.24) is 4.90 Å². The zero-order chi connectivity index (χ0) is 24.2. The molecule has 5 nitrogen and oxygen atoms in total. The summed E-state index contributed by atoms with van der Waals surface area (Å²) < 4.78 is 11.2. The lowest BCUT2D eigenvalue weighted by atomic mass is 9.86. The molecule has 3 aromatic rings. The lowest BCUT2D eigenvalue weighted by Gasteiger charge is -2.41. The normalized spacial score (nSPS) is 16.5. The Morgan fingerprint density at radius 1 is 1.00 bits per heavy atom. The number of methoxy groups -OCH3 is 2. The molecule has 2 atom stereocenters. The molecule has 0 bridgehead atoms. The van der Waals surface area contributed by atoms with E-state index < -0.39 is 6.04 Å². The monoisotopic (exact) mass is 458 g/mol. The van der Waals surface area contributed by atoms with Crippen molar-refractivity contribution in [3.63, 3.8) is 0 Å². The Morgan fingerprint density at radius 2 is 1.65 bits per heavy atom. The van der Waals surface area contributed by atoms with E-state index in [0.29, 0.717) is 5.75 Å². The highest BCUT2D eigenvalue weighted by Crippen LogP contribution is 2.43. The molecule has 178 valence electrons. The molecule has 1 heterocycles. The van der Waals surface area contributed by atoms with Crippen molar-refractivity contribution in [2.24, 2.45) is 5.73 Å². The Morgan fingerprint density at radius 3 is 2.26 bits per heavy atom. The fraction of sp³-hybridized carbons (Fsp3) is 0.345. The molecule has 0 saturated carbocycles. The van der Waals surface area contributed by atoms with Gasteiger partial charge in [-0.25, -0.2) is 0 Å². The predicted molar refractivity (Wildman–Crippen MR) is 135 cm³/mol. The van der Waals surface area contributed by atoms with E-state index in [-0.39, 0.29) is 11.9 Å². The summed E-state index contributed by atoms with van der Waals surface area (Å²) in [6.45, 7) is 5.01. The molecule has 0 unspecified atom stereocenters. The van der Waals surface area contributed by atoms with Crippen molar-refractivity contribution < 1.29 is 14.3 Å². The molecule has 0 aliphatic carbocycles. The van der Waals surface area contributed by atoms with E-state index in [4.69, 9.17) is 15.2 Å². The van der Waals surface area contributed by atoms with Crippen LogP contribution in [-0.4, -0.2) is 31.6 Å². The van der Waals surface area contributed by atoms with Crippen molar-refractivity contribution in [3.05, 3.63) is 94.0 Å². The van der Waals surface area contributed by atoms with Crippen LogP contribution in [0.2, 0.25) is 0 Å². The number of hydrogen-bond donors (Lipinski definition) is 1. The van der Waals surface area contributed by atoms with Crippen LogP contribution in [0.5, 0.6) is 11.5 Å². The van der Waals surface area contributed by atoms with Gasteiger partial charge in [-0.05, 0) is 67.5 Å². The Balaban J connectivity index is 1.76. The van der Waals surface area contributed by atoms with Gasteiger partial charge in [-0.3, -0.25) is 9.69 Å². The smallest absolute Gasteiger partial charge is 0.239 e. The predicted octanol–water partition coefficient (Wildman–Crippen LogP) is 5.08. The van der Waals surface area contributed by atoms with E-state index in [1.54, 1.807) is 14.2 Å². The van der Waals surface area contributed by atoms with Crippen LogP contribution in [0.3, 0.4) is 0 Å². The van der Waals surface area contributed by atoms with Gasteiger partial charge < -0.3 is 15.2 Å². The summed E-state index contributed by atoms with van der Waals surface area (Å²) in [5.74, 6) is 1.11. The second-order valence-electron chi connectivity index (χ2n) is 9.16. The average Bonchev–Trinajstić information content (AvgIpc) is 2.82. The zero-order valence-corrected chi connectivity index (χ0v) is 20.5. The molecule has 1 aliphatic rings. The van der Waals surface area contributed by atoms with Crippen molar-refractivity contribution in [3.8, 4) is 11.5 Å². The topological polar surface area (TPSA) is 64.8 Å². The third kappa shape index (κ3) is 4.95. The standard InChI is InChI=1S/C29H34N2O3/c1-19-14-20(2)16-21(15-19)10-11-25-24-18-27(34-4)26(33-3)17-23(24)12-13-31(25)28(29(30)32)22-8-6-5-7-9-22/h5-9,14-18,25,28H,10-13H2,1-4H3,(H2,30,32)/t25-,28+/m0/s1. The summed E-state index contributed by atoms with van der Waals surface area (Å²) in [4.78, 5) is 15.1. The first-order valence-electron chi connectivity index (χ1n) is 11.8. The summed E-state index contributed by atoms with van der Waals surface area (Å²) in [6.07, 6.45) is 2.58. The summed E-state index contributed by atoms with van der Waals surface area (Å²) in [5.41, 5.74) is 13.2. The second kappa shape index (κ2) is 10.3. The number of carbonyl (C=O) groups excluding carboxylic acids is 1. The van der Waals surface area contributed by atoms with E-state index in [2.05, 4.69) is 49.1 Å². The van der Waals surface area contributed by atoms with Crippen LogP contribution in [0.4, 0.5) is 0 Å². The highest BCUT2D eigenvalue weighted by molar-refractivity contribution is 5.81. The third-order valence-corrected chi connectivity index (χ3v) is 6.75. The summed E-state index contributed by atoms with van der Waals surface area (Å²) in [7, 11) is 3.32. The highest BCUT2D eigenvalue weighted by atomic mass is 16.5. The van der Waals surface area contributed by atoms with Crippen LogP contribution in [-0.2, 0) is 17.6 Å². The molecule has 0 spiro atoms. The van der Waals surface area contributed by atoms with Crippen LogP contribution >= 0.6 is 0 Å². The molecule has 1 aliphatic heterocycles. The lowest BCUT2D eigenvalue weighted by molar-refractivity contribution is -0.124. The zero-order valence-electron chi connectivity index (χ0n) is 20.5. The molecule has 3 aromatic carbocycles. The van der Waals surface area contributed by atoms with Crippen LogP contribution < -0.4 is 15.2 Å². The average molecular weight is 459 g/mol. The van der Waals surface area contributed by atoms with Crippen LogP contribution in [0.15, 0.2) is 60.7 Å². The molecule has 34 heavy (non-hydrogen) atoms. The van der Waals surface area contributed by atoms with E-state index in [1.165, 1.54) is 27.8 Å². The molecule has 0 aromatic heterocycles. The molecule has 0 fully saturated rings. The third-order valence-electron chi connectivity index (χ3n) is 6.75. The minimum atomic E-state index is -0.494. The quantitative estimate of drug-likeness (QED) is 0.511. The summed E-state index contributed by atoms with van der Waals surface area (Å²) >= 11 is 0. The second-order valence-corrected chi connectivity index (χ2v) is 9.16. The number of ether oxygens (including phenoxy) is 2.